The number of nitrogens with zero attached hydrogens (tertiary/aromatic N) is 2. The second-order valence-corrected chi connectivity index (χ2v) is 10.4. The van der Waals surface area contributed by atoms with Gasteiger partial charge in [0, 0.05) is 13.1 Å². The standard InChI is InChI=1S/C25H35N3O4S/c1-7-15-26-25(30)21(5)27(16-22-13-11-18(2)12-14-22)23(29)17-28(33(6,31)32)24-19(3)9-8-10-20(24)4/h8-14,21H,7,15-17H2,1-6H3,(H,26,30). The molecule has 2 aromatic rings. The number of nitrogens with one attached hydrogen (secondary N) is 1. The third kappa shape index (κ3) is 7.05. The second kappa shape index (κ2) is 11.3. The second-order valence-electron chi connectivity index (χ2n) is 8.48. The van der Waals surface area contributed by atoms with E-state index in [0.29, 0.717) is 12.2 Å². The molecule has 0 saturated heterocycles. The molecule has 0 bridgehead atoms. The SMILES string of the molecule is CCCNC(=O)C(C)N(Cc1ccc(C)cc1)C(=O)CN(c1c(C)cccc1C)S(C)(=O)=O. The van der Waals surface area contributed by atoms with Crippen molar-refractivity contribution in [3.63, 3.8) is 0 Å². The van der Waals surface area contributed by atoms with E-state index in [2.05, 4.69) is 5.32 Å². The number of carbonyl (C=O) groups is 2. The van der Waals surface area contributed by atoms with E-state index in [1.54, 1.807) is 6.92 Å². The third-order valence-electron chi connectivity index (χ3n) is 5.56. The summed E-state index contributed by atoms with van der Waals surface area (Å²) in [6.07, 6.45) is 1.87. The minimum Gasteiger partial charge on any atom is -0.354 e. The molecule has 2 rings (SSSR count). The molecule has 8 heteroatoms. The normalized spacial score (nSPS) is 12.2. The highest BCUT2D eigenvalue weighted by Gasteiger charge is 2.30. The van der Waals surface area contributed by atoms with Crippen molar-refractivity contribution in [2.75, 3.05) is 23.7 Å². The van der Waals surface area contributed by atoms with Crippen LogP contribution in [-0.2, 0) is 26.2 Å². The number of hydrogen-bond donors (Lipinski definition) is 1. The zero-order valence-electron chi connectivity index (χ0n) is 20.4. The maximum absolute atomic E-state index is 13.5. The molecular weight excluding hydrogens is 438 g/mol. The molecule has 0 fully saturated rings. The molecule has 0 radical (unpaired) electrons. The third-order valence-corrected chi connectivity index (χ3v) is 6.67. The monoisotopic (exact) mass is 473 g/mol. The Morgan fingerprint density at radius 1 is 1.00 bits per heavy atom. The number of anilines is 1. The fourth-order valence-electron chi connectivity index (χ4n) is 3.64. The summed E-state index contributed by atoms with van der Waals surface area (Å²) in [7, 11) is -3.74. The van der Waals surface area contributed by atoms with E-state index in [0.717, 1.165) is 39.2 Å². The molecule has 1 atom stereocenters. The van der Waals surface area contributed by atoms with Gasteiger partial charge in [0.25, 0.3) is 0 Å². The molecule has 180 valence electrons. The number of carbonyl (C=O) groups excluding carboxylic acids is 2. The van der Waals surface area contributed by atoms with Crippen molar-refractivity contribution in [3.8, 4) is 0 Å². The van der Waals surface area contributed by atoms with Gasteiger partial charge in [0.1, 0.15) is 12.6 Å². The van der Waals surface area contributed by atoms with Crippen LogP contribution in [0.3, 0.4) is 0 Å². The van der Waals surface area contributed by atoms with Crippen molar-refractivity contribution in [1.29, 1.82) is 0 Å². The van der Waals surface area contributed by atoms with Crippen LogP contribution in [0.4, 0.5) is 5.69 Å². The van der Waals surface area contributed by atoms with E-state index in [1.807, 2.05) is 70.2 Å². The molecule has 0 aliphatic carbocycles. The Labute approximate surface area is 197 Å². The van der Waals surface area contributed by atoms with E-state index in [9.17, 15) is 18.0 Å². The number of amides is 2. The van der Waals surface area contributed by atoms with Crippen molar-refractivity contribution in [3.05, 3.63) is 64.7 Å². The first-order valence-electron chi connectivity index (χ1n) is 11.1. The number of hydrogen-bond acceptors (Lipinski definition) is 4. The van der Waals surface area contributed by atoms with Crippen molar-refractivity contribution < 1.29 is 18.0 Å². The lowest BCUT2D eigenvalue weighted by Crippen LogP contribution is -2.51. The van der Waals surface area contributed by atoms with E-state index in [-0.39, 0.29) is 19.0 Å². The zero-order valence-corrected chi connectivity index (χ0v) is 21.2. The van der Waals surface area contributed by atoms with Gasteiger partial charge >= 0.3 is 0 Å². The molecule has 0 aromatic heterocycles. The number of aryl methyl sites for hydroxylation is 3. The molecule has 7 nitrogen and oxygen atoms in total. The number of rotatable bonds is 10. The summed E-state index contributed by atoms with van der Waals surface area (Å²) in [4.78, 5) is 27.7. The van der Waals surface area contributed by atoms with E-state index in [1.165, 1.54) is 4.90 Å². The van der Waals surface area contributed by atoms with Gasteiger partial charge in [0.05, 0.1) is 11.9 Å². The van der Waals surface area contributed by atoms with E-state index in [4.69, 9.17) is 0 Å². The number of benzene rings is 2. The Kier molecular flexibility index (Phi) is 9.05. The summed E-state index contributed by atoms with van der Waals surface area (Å²) in [5.41, 5.74) is 3.96. The smallest absolute Gasteiger partial charge is 0.244 e. The van der Waals surface area contributed by atoms with Crippen LogP contribution in [0, 0.1) is 20.8 Å². The average Bonchev–Trinajstić information content (AvgIpc) is 2.74. The Hall–Kier alpha value is -2.87. The Bertz CT molecular complexity index is 1060. The molecule has 0 aliphatic rings. The largest absolute Gasteiger partial charge is 0.354 e. The quantitative estimate of drug-likeness (QED) is 0.574. The van der Waals surface area contributed by atoms with E-state index >= 15 is 0 Å². The first kappa shape index (κ1) is 26.4. The molecule has 2 aromatic carbocycles. The molecule has 0 heterocycles. The van der Waals surface area contributed by atoms with Crippen LogP contribution in [0.2, 0.25) is 0 Å². The molecule has 0 spiro atoms. The van der Waals surface area contributed by atoms with Crippen molar-refractivity contribution in [2.45, 2.75) is 53.6 Å². The molecule has 0 aliphatic heterocycles. The minimum absolute atomic E-state index is 0.199. The maximum Gasteiger partial charge on any atom is 0.244 e. The van der Waals surface area contributed by atoms with Crippen LogP contribution in [0.25, 0.3) is 0 Å². The summed E-state index contributed by atoms with van der Waals surface area (Å²) in [5, 5.41) is 2.83. The summed E-state index contributed by atoms with van der Waals surface area (Å²) < 4.78 is 26.6. The Balaban J connectivity index is 2.42. The van der Waals surface area contributed by atoms with Crippen LogP contribution in [0.15, 0.2) is 42.5 Å². The fourth-order valence-corrected chi connectivity index (χ4v) is 4.61. The molecule has 2 amide bonds. The van der Waals surface area contributed by atoms with Crippen LogP contribution in [0.1, 0.15) is 42.5 Å². The lowest BCUT2D eigenvalue weighted by Gasteiger charge is -2.32. The van der Waals surface area contributed by atoms with Gasteiger partial charge in [-0.15, -0.1) is 0 Å². The summed E-state index contributed by atoms with van der Waals surface area (Å²) >= 11 is 0. The molecule has 1 N–H and O–H groups in total. The summed E-state index contributed by atoms with van der Waals surface area (Å²) in [6.45, 7) is 9.54. The Morgan fingerprint density at radius 3 is 2.09 bits per heavy atom. The minimum atomic E-state index is -3.74. The van der Waals surface area contributed by atoms with Gasteiger partial charge in [0.2, 0.25) is 21.8 Å². The predicted octanol–water partition coefficient (Wildman–Crippen LogP) is 3.32. The lowest BCUT2D eigenvalue weighted by molar-refractivity contribution is -0.139. The first-order chi connectivity index (χ1) is 15.5. The predicted molar refractivity (Wildman–Crippen MR) is 133 cm³/mol. The van der Waals surface area contributed by atoms with Crippen LogP contribution < -0.4 is 9.62 Å². The van der Waals surface area contributed by atoms with Crippen LogP contribution in [0.5, 0.6) is 0 Å². The highest BCUT2D eigenvalue weighted by atomic mass is 32.2. The molecule has 0 saturated carbocycles. The van der Waals surface area contributed by atoms with Crippen molar-refractivity contribution in [1.82, 2.24) is 10.2 Å². The maximum atomic E-state index is 13.5. The van der Waals surface area contributed by atoms with Gasteiger partial charge in [-0.25, -0.2) is 8.42 Å². The molecule has 33 heavy (non-hydrogen) atoms. The van der Waals surface area contributed by atoms with Gasteiger partial charge in [-0.1, -0.05) is 55.0 Å². The molecular formula is C25H35N3O4S. The van der Waals surface area contributed by atoms with Crippen molar-refractivity contribution >= 4 is 27.5 Å². The number of sulfonamides is 1. The van der Waals surface area contributed by atoms with Gasteiger partial charge in [-0.2, -0.15) is 0 Å². The average molecular weight is 474 g/mol. The fraction of sp³-hybridized carbons (Fsp3) is 0.440. The van der Waals surface area contributed by atoms with Gasteiger partial charge in [-0.05, 0) is 50.8 Å². The highest BCUT2D eigenvalue weighted by Crippen LogP contribution is 2.27. The highest BCUT2D eigenvalue weighted by molar-refractivity contribution is 7.92. The Morgan fingerprint density at radius 2 is 1.58 bits per heavy atom. The van der Waals surface area contributed by atoms with Crippen LogP contribution >= 0.6 is 0 Å². The lowest BCUT2D eigenvalue weighted by atomic mass is 10.1. The van der Waals surface area contributed by atoms with Crippen molar-refractivity contribution in [2.24, 2.45) is 0 Å². The van der Waals surface area contributed by atoms with E-state index < -0.39 is 22.0 Å². The topological polar surface area (TPSA) is 86.8 Å². The van der Waals surface area contributed by atoms with Gasteiger partial charge in [0.15, 0.2) is 0 Å². The summed E-state index contributed by atoms with van der Waals surface area (Å²) in [5.74, 6) is -0.710. The number of para-hydroxylation sites is 1. The van der Waals surface area contributed by atoms with Gasteiger partial charge < -0.3 is 10.2 Å². The zero-order chi connectivity index (χ0) is 24.8. The summed E-state index contributed by atoms with van der Waals surface area (Å²) in [6, 6.07) is 12.4. The van der Waals surface area contributed by atoms with Gasteiger partial charge in [-0.3, -0.25) is 13.9 Å². The first-order valence-corrected chi connectivity index (χ1v) is 13.0. The van der Waals surface area contributed by atoms with Crippen LogP contribution in [-0.4, -0.2) is 50.5 Å². The molecule has 1 unspecified atom stereocenters.